The maximum Gasteiger partial charge on any atom is 0.416 e. The number of amides is 1. The van der Waals surface area contributed by atoms with E-state index in [1.54, 1.807) is 12.1 Å². The topological polar surface area (TPSA) is 63.2 Å². The molecule has 0 bridgehead atoms. The van der Waals surface area contributed by atoms with Gasteiger partial charge in [-0.1, -0.05) is 37.3 Å². The van der Waals surface area contributed by atoms with Crippen LogP contribution in [0.2, 0.25) is 0 Å². The van der Waals surface area contributed by atoms with Crippen molar-refractivity contribution < 1.29 is 26.4 Å². The standard InChI is InChI=1S/C19H20F3NO3S/c1-3-14-7-9-17(10-8-14)23-18(24)13(2)27(25,26)12-15-5-4-6-16(11-15)19(20,21)22/h4-11,13H,3,12H2,1-2H3,(H,23,24). The van der Waals surface area contributed by atoms with Gasteiger partial charge in [0.25, 0.3) is 0 Å². The van der Waals surface area contributed by atoms with Crippen LogP contribution in [0.5, 0.6) is 0 Å². The fraction of sp³-hybridized carbons (Fsp3) is 0.316. The molecule has 0 fully saturated rings. The van der Waals surface area contributed by atoms with Crippen molar-refractivity contribution in [3.8, 4) is 0 Å². The Hall–Kier alpha value is -2.35. The molecule has 0 aliphatic rings. The highest BCUT2D eigenvalue weighted by Gasteiger charge is 2.32. The first-order valence-corrected chi connectivity index (χ1v) is 10.0. The number of nitrogens with one attached hydrogen (secondary N) is 1. The average molecular weight is 399 g/mol. The van der Waals surface area contributed by atoms with Crippen molar-refractivity contribution in [3.63, 3.8) is 0 Å². The zero-order valence-corrected chi connectivity index (χ0v) is 15.7. The molecule has 0 aliphatic carbocycles. The molecule has 2 aromatic carbocycles. The number of carbonyl (C=O) groups is 1. The molecule has 0 aliphatic heterocycles. The van der Waals surface area contributed by atoms with E-state index in [0.29, 0.717) is 5.69 Å². The molecule has 1 unspecified atom stereocenters. The molecule has 0 heterocycles. The molecular formula is C19H20F3NO3S. The lowest BCUT2D eigenvalue weighted by atomic mass is 10.1. The summed E-state index contributed by atoms with van der Waals surface area (Å²) in [6.07, 6.45) is -3.73. The second kappa shape index (κ2) is 8.12. The van der Waals surface area contributed by atoms with E-state index < -0.39 is 38.5 Å². The summed E-state index contributed by atoms with van der Waals surface area (Å²) in [4.78, 5) is 12.3. The van der Waals surface area contributed by atoms with Gasteiger partial charge in [0.05, 0.1) is 11.3 Å². The van der Waals surface area contributed by atoms with Gasteiger partial charge >= 0.3 is 6.18 Å². The number of anilines is 1. The first kappa shape index (κ1) is 21.0. The third-order valence-electron chi connectivity index (χ3n) is 4.16. The Kier molecular flexibility index (Phi) is 6.30. The number of sulfone groups is 1. The fourth-order valence-corrected chi connectivity index (χ4v) is 3.70. The van der Waals surface area contributed by atoms with Gasteiger partial charge < -0.3 is 5.32 Å². The van der Waals surface area contributed by atoms with Gasteiger partial charge in [-0.15, -0.1) is 0 Å². The summed E-state index contributed by atoms with van der Waals surface area (Å²) in [5.41, 5.74) is 0.580. The molecule has 8 heteroatoms. The third kappa shape index (κ3) is 5.56. The van der Waals surface area contributed by atoms with Gasteiger partial charge in [0.1, 0.15) is 5.25 Å². The van der Waals surface area contributed by atoms with Crippen LogP contribution in [0, 0.1) is 0 Å². The van der Waals surface area contributed by atoms with E-state index in [1.807, 2.05) is 19.1 Å². The van der Waals surface area contributed by atoms with E-state index >= 15 is 0 Å². The molecule has 146 valence electrons. The van der Waals surface area contributed by atoms with Crippen LogP contribution in [0.25, 0.3) is 0 Å². The van der Waals surface area contributed by atoms with Crippen LogP contribution in [-0.4, -0.2) is 19.6 Å². The predicted molar refractivity (Wildman–Crippen MR) is 98.0 cm³/mol. The van der Waals surface area contributed by atoms with Crippen LogP contribution in [0.1, 0.15) is 30.5 Å². The zero-order chi connectivity index (χ0) is 20.2. The lowest BCUT2D eigenvalue weighted by molar-refractivity contribution is -0.137. The summed E-state index contributed by atoms with van der Waals surface area (Å²) < 4.78 is 63.2. The second-order valence-corrected chi connectivity index (χ2v) is 8.51. The normalized spacial score (nSPS) is 13.2. The monoisotopic (exact) mass is 399 g/mol. The number of hydrogen-bond donors (Lipinski definition) is 1. The number of rotatable bonds is 6. The van der Waals surface area contributed by atoms with Gasteiger partial charge in [-0.25, -0.2) is 8.42 Å². The molecule has 0 radical (unpaired) electrons. The summed E-state index contributed by atoms with van der Waals surface area (Å²) in [7, 11) is -3.99. The number of carbonyl (C=O) groups excluding carboxylic acids is 1. The maximum absolute atomic E-state index is 12.8. The molecule has 1 N–H and O–H groups in total. The molecular weight excluding hydrogens is 379 g/mol. The van der Waals surface area contributed by atoms with Crippen molar-refractivity contribution in [2.75, 3.05) is 5.32 Å². The first-order chi connectivity index (χ1) is 12.5. The van der Waals surface area contributed by atoms with Gasteiger partial charge in [0.2, 0.25) is 5.91 Å². The van der Waals surface area contributed by atoms with Crippen molar-refractivity contribution in [1.82, 2.24) is 0 Å². The maximum atomic E-state index is 12.8. The van der Waals surface area contributed by atoms with E-state index in [1.165, 1.54) is 13.0 Å². The van der Waals surface area contributed by atoms with Crippen LogP contribution in [0.15, 0.2) is 48.5 Å². The average Bonchev–Trinajstić information content (AvgIpc) is 2.60. The van der Waals surface area contributed by atoms with E-state index in [4.69, 9.17) is 0 Å². The van der Waals surface area contributed by atoms with Gasteiger partial charge in [-0.2, -0.15) is 13.2 Å². The highest BCUT2D eigenvalue weighted by molar-refractivity contribution is 7.92. The van der Waals surface area contributed by atoms with Crippen LogP contribution >= 0.6 is 0 Å². The molecule has 4 nitrogen and oxygen atoms in total. The molecule has 0 saturated heterocycles. The Morgan fingerprint density at radius 2 is 1.70 bits per heavy atom. The third-order valence-corrected chi connectivity index (χ3v) is 6.19. The molecule has 2 aromatic rings. The zero-order valence-electron chi connectivity index (χ0n) is 14.9. The lowest BCUT2D eigenvalue weighted by Gasteiger charge is -2.14. The highest BCUT2D eigenvalue weighted by atomic mass is 32.2. The Balaban J connectivity index is 2.11. The minimum absolute atomic E-state index is 0.0169. The van der Waals surface area contributed by atoms with Gasteiger partial charge in [0, 0.05) is 5.69 Å². The predicted octanol–water partition coefficient (Wildman–Crippen LogP) is 4.21. The summed E-state index contributed by atoms with van der Waals surface area (Å²) in [5, 5.41) is 1.12. The molecule has 27 heavy (non-hydrogen) atoms. The molecule has 1 atom stereocenters. The smallest absolute Gasteiger partial charge is 0.325 e. The molecule has 1 amide bonds. The molecule has 0 spiro atoms. The minimum atomic E-state index is -4.56. The van der Waals surface area contributed by atoms with Crippen molar-refractivity contribution >= 4 is 21.4 Å². The van der Waals surface area contributed by atoms with E-state index in [0.717, 1.165) is 30.2 Å². The van der Waals surface area contributed by atoms with Crippen LogP contribution in [-0.2, 0) is 33.0 Å². The van der Waals surface area contributed by atoms with E-state index in [-0.39, 0.29) is 5.56 Å². The van der Waals surface area contributed by atoms with Gasteiger partial charge in [-0.05, 0) is 42.7 Å². The Morgan fingerprint density at radius 1 is 1.07 bits per heavy atom. The quantitative estimate of drug-likeness (QED) is 0.792. The largest absolute Gasteiger partial charge is 0.416 e. The Labute approximate surface area is 156 Å². The minimum Gasteiger partial charge on any atom is -0.325 e. The SMILES string of the molecule is CCc1ccc(NC(=O)C(C)S(=O)(=O)Cc2cccc(C(F)(F)F)c2)cc1. The Bertz CT molecular complexity index is 907. The lowest BCUT2D eigenvalue weighted by Crippen LogP contribution is -2.33. The van der Waals surface area contributed by atoms with E-state index in [2.05, 4.69) is 5.32 Å². The Morgan fingerprint density at radius 3 is 2.26 bits per heavy atom. The van der Waals surface area contributed by atoms with Crippen LogP contribution < -0.4 is 5.32 Å². The van der Waals surface area contributed by atoms with Gasteiger partial charge in [-0.3, -0.25) is 4.79 Å². The molecule has 0 saturated carbocycles. The second-order valence-electron chi connectivity index (χ2n) is 6.19. The summed E-state index contributed by atoms with van der Waals surface area (Å²) in [6.45, 7) is 3.20. The summed E-state index contributed by atoms with van der Waals surface area (Å²) in [5.74, 6) is -1.38. The van der Waals surface area contributed by atoms with Crippen molar-refractivity contribution in [3.05, 3.63) is 65.2 Å². The number of alkyl halides is 3. The van der Waals surface area contributed by atoms with Gasteiger partial charge in [0.15, 0.2) is 9.84 Å². The van der Waals surface area contributed by atoms with Crippen LogP contribution in [0.3, 0.4) is 0 Å². The number of halogens is 3. The van der Waals surface area contributed by atoms with Crippen molar-refractivity contribution in [1.29, 1.82) is 0 Å². The molecule has 2 rings (SSSR count). The summed E-state index contributed by atoms with van der Waals surface area (Å²) in [6, 6.07) is 11.1. The molecule has 0 aromatic heterocycles. The van der Waals surface area contributed by atoms with Crippen LogP contribution in [0.4, 0.5) is 18.9 Å². The fourth-order valence-electron chi connectivity index (χ4n) is 2.43. The number of hydrogen-bond acceptors (Lipinski definition) is 3. The first-order valence-electron chi connectivity index (χ1n) is 8.30. The summed E-state index contributed by atoms with van der Waals surface area (Å²) >= 11 is 0. The highest BCUT2D eigenvalue weighted by Crippen LogP contribution is 2.30. The van der Waals surface area contributed by atoms with Crippen molar-refractivity contribution in [2.45, 2.75) is 37.4 Å². The number of aryl methyl sites for hydroxylation is 1. The number of benzene rings is 2. The van der Waals surface area contributed by atoms with Crippen molar-refractivity contribution in [2.24, 2.45) is 0 Å². The van der Waals surface area contributed by atoms with E-state index in [9.17, 15) is 26.4 Å².